The lowest BCUT2D eigenvalue weighted by molar-refractivity contribution is 0.112. The summed E-state index contributed by atoms with van der Waals surface area (Å²) < 4.78 is 1.86. The van der Waals surface area contributed by atoms with Crippen molar-refractivity contribution in [3.05, 3.63) is 11.3 Å². The van der Waals surface area contributed by atoms with E-state index in [1.165, 1.54) is 25.8 Å². The van der Waals surface area contributed by atoms with Crippen LogP contribution in [-0.4, -0.2) is 53.2 Å². The van der Waals surface area contributed by atoms with Crippen molar-refractivity contribution in [3.8, 4) is 0 Å². The molecule has 2 aliphatic rings. The minimum atomic E-state index is 0.650. The van der Waals surface area contributed by atoms with Gasteiger partial charge in [-0.05, 0) is 26.3 Å². The van der Waals surface area contributed by atoms with Gasteiger partial charge in [0.15, 0.2) is 6.29 Å². The highest BCUT2D eigenvalue weighted by Crippen LogP contribution is 2.27. The van der Waals surface area contributed by atoms with E-state index in [1.807, 2.05) is 18.7 Å². The zero-order valence-corrected chi connectivity index (χ0v) is 11.8. The number of aldehydes is 1. The van der Waals surface area contributed by atoms with Crippen LogP contribution in [0.4, 0.5) is 5.82 Å². The predicted octanol–water partition coefficient (Wildman–Crippen LogP) is 1.22. The van der Waals surface area contributed by atoms with Crippen molar-refractivity contribution in [2.75, 3.05) is 31.1 Å². The minimum absolute atomic E-state index is 0.650. The predicted molar refractivity (Wildman–Crippen MR) is 74.8 cm³/mol. The van der Waals surface area contributed by atoms with Crippen LogP contribution in [0.5, 0.6) is 0 Å². The Hall–Kier alpha value is -1.36. The van der Waals surface area contributed by atoms with Gasteiger partial charge in [-0.15, -0.1) is 0 Å². The Morgan fingerprint density at radius 3 is 2.89 bits per heavy atom. The van der Waals surface area contributed by atoms with Gasteiger partial charge >= 0.3 is 0 Å². The van der Waals surface area contributed by atoms with Crippen molar-refractivity contribution in [3.63, 3.8) is 0 Å². The monoisotopic (exact) mass is 262 g/mol. The maximum atomic E-state index is 11.3. The molecule has 0 amide bonds. The Morgan fingerprint density at radius 1 is 1.26 bits per heavy atom. The molecule has 0 aliphatic carbocycles. The summed E-state index contributed by atoms with van der Waals surface area (Å²) in [6, 6.07) is 0.650. The first-order chi connectivity index (χ1) is 9.20. The second kappa shape index (κ2) is 4.96. The fourth-order valence-corrected chi connectivity index (χ4v) is 3.52. The maximum absolute atomic E-state index is 11.3. The fraction of sp³-hybridized carbons (Fsp3) is 0.714. The number of fused-ring (bicyclic) bond motifs is 1. The summed E-state index contributed by atoms with van der Waals surface area (Å²) >= 11 is 0. The second-order valence-corrected chi connectivity index (χ2v) is 5.70. The first-order valence-corrected chi connectivity index (χ1v) is 7.18. The number of piperazine rings is 1. The van der Waals surface area contributed by atoms with Crippen LogP contribution in [0.3, 0.4) is 0 Å². The molecule has 2 saturated heterocycles. The molecular formula is C14H22N4O. The van der Waals surface area contributed by atoms with Crippen molar-refractivity contribution < 1.29 is 4.79 Å². The van der Waals surface area contributed by atoms with Crippen molar-refractivity contribution in [2.24, 2.45) is 7.05 Å². The molecule has 3 heterocycles. The van der Waals surface area contributed by atoms with Gasteiger partial charge in [0.1, 0.15) is 5.82 Å². The molecule has 5 nitrogen and oxygen atoms in total. The van der Waals surface area contributed by atoms with Gasteiger partial charge in [-0.3, -0.25) is 14.4 Å². The molecule has 2 aliphatic heterocycles. The van der Waals surface area contributed by atoms with Crippen LogP contribution in [0, 0.1) is 6.92 Å². The molecule has 0 bridgehead atoms. The maximum Gasteiger partial charge on any atom is 0.155 e. The Balaban J connectivity index is 1.85. The third kappa shape index (κ3) is 2.16. The van der Waals surface area contributed by atoms with Crippen LogP contribution in [0.25, 0.3) is 0 Å². The van der Waals surface area contributed by atoms with Crippen LogP contribution in [0.1, 0.15) is 35.3 Å². The summed E-state index contributed by atoms with van der Waals surface area (Å²) in [5, 5.41) is 4.39. The van der Waals surface area contributed by atoms with Gasteiger partial charge in [-0.1, -0.05) is 6.42 Å². The molecular weight excluding hydrogens is 240 g/mol. The molecule has 104 valence electrons. The smallest absolute Gasteiger partial charge is 0.155 e. The number of rotatable bonds is 2. The van der Waals surface area contributed by atoms with Crippen molar-refractivity contribution in [1.82, 2.24) is 14.7 Å². The average molecular weight is 262 g/mol. The van der Waals surface area contributed by atoms with E-state index in [0.29, 0.717) is 6.04 Å². The molecule has 5 heteroatoms. The third-order valence-electron chi connectivity index (χ3n) is 4.49. The summed E-state index contributed by atoms with van der Waals surface area (Å²) in [7, 11) is 1.93. The molecule has 1 atom stereocenters. The van der Waals surface area contributed by atoms with E-state index in [4.69, 9.17) is 0 Å². The number of hydrogen-bond acceptors (Lipinski definition) is 4. The van der Waals surface area contributed by atoms with E-state index in [9.17, 15) is 4.79 Å². The van der Waals surface area contributed by atoms with Gasteiger partial charge < -0.3 is 4.90 Å². The molecule has 1 aromatic rings. The van der Waals surface area contributed by atoms with Crippen molar-refractivity contribution in [2.45, 2.75) is 32.2 Å². The number of carbonyl (C=O) groups is 1. The minimum Gasteiger partial charge on any atom is -0.353 e. The highest BCUT2D eigenvalue weighted by molar-refractivity contribution is 5.84. The molecule has 0 radical (unpaired) electrons. The summed E-state index contributed by atoms with van der Waals surface area (Å²) in [5.74, 6) is 0.998. The Kier molecular flexibility index (Phi) is 3.31. The molecule has 0 N–H and O–H groups in total. The zero-order chi connectivity index (χ0) is 13.4. The Labute approximate surface area is 114 Å². The van der Waals surface area contributed by atoms with Gasteiger partial charge in [-0.25, -0.2) is 0 Å². The van der Waals surface area contributed by atoms with E-state index in [2.05, 4.69) is 14.9 Å². The molecule has 2 fully saturated rings. The number of piperidine rings is 1. The molecule has 0 aromatic carbocycles. The van der Waals surface area contributed by atoms with Gasteiger partial charge in [0, 0.05) is 32.7 Å². The van der Waals surface area contributed by atoms with E-state index in [1.54, 1.807) is 0 Å². The Bertz CT molecular complexity index is 482. The largest absolute Gasteiger partial charge is 0.353 e. The number of aryl methyl sites for hydroxylation is 2. The van der Waals surface area contributed by atoms with Crippen LogP contribution < -0.4 is 4.90 Å². The average Bonchev–Trinajstić information content (AvgIpc) is 2.72. The summed E-state index contributed by atoms with van der Waals surface area (Å²) in [6.07, 6.45) is 4.90. The Morgan fingerprint density at radius 2 is 2.11 bits per heavy atom. The lowest BCUT2D eigenvalue weighted by Crippen LogP contribution is -2.55. The highest BCUT2D eigenvalue weighted by atomic mass is 16.1. The van der Waals surface area contributed by atoms with Crippen LogP contribution >= 0.6 is 0 Å². The lowest BCUT2D eigenvalue weighted by atomic mass is 9.99. The van der Waals surface area contributed by atoms with Crippen LogP contribution in [0.15, 0.2) is 0 Å². The van der Waals surface area contributed by atoms with Crippen molar-refractivity contribution >= 4 is 12.1 Å². The summed E-state index contributed by atoms with van der Waals surface area (Å²) in [4.78, 5) is 16.2. The third-order valence-corrected chi connectivity index (χ3v) is 4.49. The van der Waals surface area contributed by atoms with Crippen LogP contribution in [-0.2, 0) is 7.05 Å². The van der Waals surface area contributed by atoms with E-state index in [0.717, 1.165) is 43.0 Å². The lowest BCUT2D eigenvalue weighted by Gasteiger charge is -2.44. The van der Waals surface area contributed by atoms with E-state index in [-0.39, 0.29) is 0 Å². The summed E-state index contributed by atoms with van der Waals surface area (Å²) in [6.45, 7) is 6.27. The normalized spacial score (nSPS) is 24.3. The molecule has 0 saturated carbocycles. The number of aromatic nitrogens is 2. The van der Waals surface area contributed by atoms with E-state index < -0.39 is 0 Å². The first-order valence-electron chi connectivity index (χ1n) is 7.18. The molecule has 19 heavy (non-hydrogen) atoms. The molecule has 1 unspecified atom stereocenters. The highest BCUT2D eigenvalue weighted by Gasteiger charge is 2.31. The van der Waals surface area contributed by atoms with Gasteiger partial charge in [0.2, 0.25) is 0 Å². The quantitative estimate of drug-likeness (QED) is 0.751. The number of hydrogen-bond donors (Lipinski definition) is 0. The van der Waals surface area contributed by atoms with Crippen LogP contribution in [0.2, 0.25) is 0 Å². The number of anilines is 1. The van der Waals surface area contributed by atoms with Gasteiger partial charge in [-0.2, -0.15) is 5.10 Å². The SMILES string of the molecule is Cc1nn(C)c(N2CCN3CCCCC3C2)c1C=O. The number of carbonyl (C=O) groups excluding carboxylic acids is 1. The zero-order valence-electron chi connectivity index (χ0n) is 11.8. The topological polar surface area (TPSA) is 41.4 Å². The van der Waals surface area contributed by atoms with Gasteiger partial charge in [0.25, 0.3) is 0 Å². The molecule has 3 rings (SSSR count). The number of nitrogens with zero attached hydrogens (tertiary/aromatic N) is 4. The van der Waals surface area contributed by atoms with E-state index >= 15 is 0 Å². The summed E-state index contributed by atoms with van der Waals surface area (Å²) in [5.41, 5.74) is 1.59. The fourth-order valence-electron chi connectivity index (χ4n) is 3.52. The first kappa shape index (κ1) is 12.7. The molecule has 1 aromatic heterocycles. The molecule has 0 spiro atoms. The van der Waals surface area contributed by atoms with Gasteiger partial charge in [0.05, 0.1) is 11.3 Å². The second-order valence-electron chi connectivity index (χ2n) is 5.70. The standard InChI is InChI=1S/C14H22N4O/c1-11-13(10-19)14(16(2)15-11)18-8-7-17-6-4-3-5-12(17)9-18/h10,12H,3-9H2,1-2H3. The van der Waals surface area contributed by atoms with Crippen molar-refractivity contribution in [1.29, 1.82) is 0 Å².